The van der Waals surface area contributed by atoms with Crippen molar-refractivity contribution in [3.05, 3.63) is 50.6 Å². The van der Waals surface area contributed by atoms with E-state index in [1.807, 2.05) is 5.38 Å². The molecule has 0 aliphatic rings. The summed E-state index contributed by atoms with van der Waals surface area (Å²) in [6.45, 7) is 3.40. The van der Waals surface area contributed by atoms with Crippen LogP contribution < -0.4 is 5.32 Å². The van der Waals surface area contributed by atoms with Crippen molar-refractivity contribution in [1.29, 1.82) is 0 Å². The Kier molecular flexibility index (Phi) is 4.39. The first-order chi connectivity index (χ1) is 11.0. The first-order valence-electron chi connectivity index (χ1n) is 6.61. The number of carbonyl (C=O) groups is 1. The van der Waals surface area contributed by atoms with Gasteiger partial charge in [-0.05, 0) is 32.0 Å². The van der Waals surface area contributed by atoms with E-state index in [0.717, 1.165) is 5.56 Å². The number of nitrogens with one attached hydrogen (secondary N) is 1. The number of amides is 1. The highest BCUT2D eigenvalue weighted by molar-refractivity contribution is 7.14. The van der Waals surface area contributed by atoms with E-state index in [2.05, 4.69) is 15.5 Å². The number of halogens is 2. The van der Waals surface area contributed by atoms with Crippen LogP contribution in [-0.4, -0.2) is 16.0 Å². The molecule has 8 heteroatoms. The van der Waals surface area contributed by atoms with Crippen LogP contribution in [0.2, 0.25) is 10.0 Å². The van der Waals surface area contributed by atoms with Gasteiger partial charge in [0.25, 0.3) is 5.91 Å². The maximum atomic E-state index is 12.3. The van der Waals surface area contributed by atoms with Gasteiger partial charge in [-0.15, -0.1) is 11.3 Å². The minimum absolute atomic E-state index is 0.302. The molecule has 1 N–H and O–H groups in total. The topological polar surface area (TPSA) is 68.0 Å². The van der Waals surface area contributed by atoms with Gasteiger partial charge in [0, 0.05) is 16.0 Å². The van der Waals surface area contributed by atoms with Crippen LogP contribution in [0.3, 0.4) is 0 Å². The number of hydrogen-bond acceptors (Lipinski definition) is 5. The number of aromatic nitrogens is 2. The lowest BCUT2D eigenvalue weighted by Gasteiger charge is -2.02. The van der Waals surface area contributed by atoms with Crippen molar-refractivity contribution in [1.82, 2.24) is 10.1 Å². The van der Waals surface area contributed by atoms with Crippen LogP contribution in [0, 0.1) is 13.8 Å². The summed E-state index contributed by atoms with van der Waals surface area (Å²) >= 11 is 13.4. The van der Waals surface area contributed by atoms with Gasteiger partial charge < -0.3 is 4.52 Å². The van der Waals surface area contributed by atoms with Crippen molar-refractivity contribution < 1.29 is 9.32 Å². The number of anilines is 1. The lowest BCUT2D eigenvalue weighted by molar-refractivity contribution is 0.102. The molecule has 0 atom stereocenters. The van der Waals surface area contributed by atoms with E-state index in [-0.39, 0.29) is 5.91 Å². The average molecular weight is 368 g/mol. The first-order valence-corrected chi connectivity index (χ1v) is 8.24. The highest BCUT2D eigenvalue weighted by Crippen LogP contribution is 2.32. The fourth-order valence-electron chi connectivity index (χ4n) is 2.12. The van der Waals surface area contributed by atoms with Crippen molar-refractivity contribution in [3.8, 4) is 11.3 Å². The Bertz CT molecular complexity index is 869. The molecule has 0 aliphatic heterocycles. The third kappa shape index (κ3) is 3.24. The van der Waals surface area contributed by atoms with Gasteiger partial charge in [-0.3, -0.25) is 10.1 Å². The number of rotatable bonds is 3. The van der Waals surface area contributed by atoms with Gasteiger partial charge in [0.2, 0.25) is 0 Å². The summed E-state index contributed by atoms with van der Waals surface area (Å²) in [4.78, 5) is 16.7. The fraction of sp³-hybridized carbons (Fsp3) is 0.133. The van der Waals surface area contributed by atoms with Gasteiger partial charge in [-0.1, -0.05) is 28.4 Å². The van der Waals surface area contributed by atoms with Crippen LogP contribution in [0.25, 0.3) is 11.3 Å². The molecule has 5 nitrogen and oxygen atoms in total. The molecule has 23 heavy (non-hydrogen) atoms. The van der Waals surface area contributed by atoms with E-state index in [0.29, 0.717) is 37.9 Å². The van der Waals surface area contributed by atoms with E-state index in [1.165, 1.54) is 11.3 Å². The van der Waals surface area contributed by atoms with Gasteiger partial charge in [0.15, 0.2) is 5.13 Å². The van der Waals surface area contributed by atoms with Crippen LogP contribution in [0.1, 0.15) is 21.8 Å². The minimum atomic E-state index is -0.302. The maximum Gasteiger partial charge on any atom is 0.262 e. The smallest absolute Gasteiger partial charge is 0.262 e. The molecule has 0 spiro atoms. The molecule has 0 radical (unpaired) electrons. The predicted molar refractivity (Wildman–Crippen MR) is 91.5 cm³/mol. The minimum Gasteiger partial charge on any atom is -0.361 e. The van der Waals surface area contributed by atoms with Gasteiger partial charge in [0.05, 0.1) is 16.4 Å². The third-order valence-corrected chi connectivity index (χ3v) is 4.50. The third-order valence-electron chi connectivity index (χ3n) is 3.19. The summed E-state index contributed by atoms with van der Waals surface area (Å²) in [6, 6.07) is 5.18. The zero-order valence-electron chi connectivity index (χ0n) is 12.2. The molecule has 0 aliphatic carbocycles. The van der Waals surface area contributed by atoms with Crippen LogP contribution in [-0.2, 0) is 0 Å². The number of carbonyl (C=O) groups excluding carboxylic acids is 1. The Morgan fingerprint density at radius 2 is 2.09 bits per heavy atom. The van der Waals surface area contributed by atoms with Crippen molar-refractivity contribution in [3.63, 3.8) is 0 Å². The molecule has 2 heterocycles. The zero-order chi connectivity index (χ0) is 16.6. The summed E-state index contributed by atoms with van der Waals surface area (Å²) in [5.74, 6) is 0.168. The predicted octanol–water partition coefficient (Wildman–Crippen LogP) is 4.97. The molecular weight excluding hydrogens is 357 g/mol. The maximum absolute atomic E-state index is 12.3. The van der Waals surface area contributed by atoms with E-state index in [9.17, 15) is 4.79 Å². The van der Waals surface area contributed by atoms with Crippen molar-refractivity contribution in [2.45, 2.75) is 13.8 Å². The summed E-state index contributed by atoms with van der Waals surface area (Å²) in [7, 11) is 0. The quantitative estimate of drug-likeness (QED) is 0.708. The van der Waals surface area contributed by atoms with Crippen LogP contribution >= 0.6 is 34.5 Å². The second-order valence-corrected chi connectivity index (χ2v) is 6.52. The van der Waals surface area contributed by atoms with E-state index in [1.54, 1.807) is 32.0 Å². The number of benzene rings is 1. The summed E-state index contributed by atoms with van der Waals surface area (Å²) < 4.78 is 5.00. The monoisotopic (exact) mass is 367 g/mol. The molecule has 1 amide bonds. The normalized spacial score (nSPS) is 10.8. The standard InChI is InChI=1S/C15H11Cl2N3O2S/c1-7-13(8(2)22-20-7)14(21)19-15-18-12(6-23-15)10-4-3-9(16)5-11(10)17/h3-6H,1-2H3,(H,18,19,21). The van der Waals surface area contributed by atoms with E-state index >= 15 is 0 Å². The summed E-state index contributed by atoms with van der Waals surface area (Å²) in [6.07, 6.45) is 0. The molecule has 0 fully saturated rings. The Morgan fingerprint density at radius 1 is 1.30 bits per heavy atom. The van der Waals surface area contributed by atoms with Crippen molar-refractivity contribution in [2.24, 2.45) is 0 Å². The van der Waals surface area contributed by atoms with Gasteiger partial charge in [-0.25, -0.2) is 4.98 Å². The number of nitrogens with zero attached hydrogens (tertiary/aromatic N) is 2. The van der Waals surface area contributed by atoms with Crippen LogP contribution in [0.15, 0.2) is 28.1 Å². The molecule has 0 saturated heterocycles. The highest BCUT2D eigenvalue weighted by atomic mass is 35.5. The molecule has 1 aromatic carbocycles. The van der Waals surface area contributed by atoms with Gasteiger partial charge in [0.1, 0.15) is 11.3 Å². The Balaban J connectivity index is 1.84. The molecule has 118 valence electrons. The Hall–Kier alpha value is -1.89. The lowest BCUT2D eigenvalue weighted by Crippen LogP contribution is -2.13. The Labute approximate surface area is 146 Å². The zero-order valence-corrected chi connectivity index (χ0v) is 14.5. The molecule has 3 aromatic rings. The largest absolute Gasteiger partial charge is 0.361 e. The summed E-state index contributed by atoms with van der Waals surface area (Å²) in [5.41, 5.74) is 2.39. The number of hydrogen-bond donors (Lipinski definition) is 1. The first kappa shape index (κ1) is 16.0. The van der Waals surface area contributed by atoms with Gasteiger partial charge >= 0.3 is 0 Å². The van der Waals surface area contributed by atoms with Crippen molar-refractivity contribution >= 4 is 45.6 Å². The lowest BCUT2D eigenvalue weighted by atomic mass is 10.2. The van der Waals surface area contributed by atoms with Crippen LogP contribution in [0.4, 0.5) is 5.13 Å². The van der Waals surface area contributed by atoms with E-state index in [4.69, 9.17) is 27.7 Å². The highest BCUT2D eigenvalue weighted by Gasteiger charge is 2.19. The average Bonchev–Trinajstić information content (AvgIpc) is 3.06. The molecule has 0 bridgehead atoms. The van der Waals surface area contributed by atoms with Crippen molar-refractivity contribution in [2.75, 3.05) is 5.32 Å². The number of aryl methyl sites for hydroxylation is 2. The van der Waals surface area contributed by atoms with Gasteiger partial charge in [-0.2, -0.15) is 0 Å². The molecular formula is C15H11Cl2N3O2S. The molecule has 0 unspecified atom stereocenters. The molecule has 2 aromatic heterocycles. The van der Waals surface area contributed by atoms with Crippen LogP contribution in [0.5, 0.6) is 0 Å². The SMILES string of the molecule is Cc1noc(C)c1C(=O)Nc1nc(-c2ccc(Cl)cc2Cl)cs1. The summed E-state index contributed by atoms with van der Waals surface area (Å²) in [5, 5.41) is 9.86. The second kappa shape index (κ2) is 6.31. The Morgan fingerprint density at radius 3 is 2.74 bits per heavy atom. The number of thiazole rings is 1. The fourth-order valence-corrected chi connectivity index (χ4v) is 3.33. The molecule has 0 saturated carbocycles. The molecule has 3 rings (SSSR count). The second-order valence-electron chi connectivity index (χ2n) is 4.82. The van der Waals surface area contributed by atoms with E-state index < -0.39 is 0 Å².